The predicted octanol–water partition coefficient (Wildman–Crippen LogP) is 3.99. The summed E-state index contributed by atoms with van der Waals surface area (Å²) in [4.78, 5) is 1.39. The van der Waals surface area contributed by atoms with Crippen molar-refractivity contribution in [2.45, 2.75) is 20.4 Å². The molecule has 0 atom stereocenters. The van der Waals surface area contributed by atoms with Gasteiger partial charge in [-0.1, -0.05) is 0 Å². The van der Waals surface area contributed by atoms with E-state index in [1.807, 2.05) is 12.1 Å². The third-order valence-electron chi connectivity index (χ3n) is 2.84. The quantitative estimate of drug-likeness (QED) is 0.882. The number of thiophene rings is 1. The van der Waals surface area contributed by atoms with Crippen LogP contribution in [0.3, 0.4) is 0 Å². The number of rotatable bonds is 4. The van der Waals surface area contributed by atoms with E-state index in [0.717, 1.165) is 12.3 Å². The minimum absolute atomic E-state index is 0.886. The Kier molecular flexibility index (Phi) is 3.69. The van der Waals surface area contributed by atoms with Crippen molar-refractivity contribution in [3.05, 3.63) is 45.6 Å². The van der Waals surface area contributed by atoms with Gasteiger partial charge in [-0.15, -0.1) is 11.3 Å². The Labute approximate surface area is 106 Å². The minimum Gasteiger partial charge on any atom is -0.497 e. The SMILES string of the molecule is COc1ccc(NCc2sccc2C)c(C)c1. The molecule has 0 saturated carbocycles. The average molecular weight is 247 g/mol. The van der Waals surface area contributed by atoms with E-state index in [9.17, 15) is 0 Å². The van der Waals surface area contributed by atoms with Gasteiger partial charge < -0.3 is 10.1 Å². The monoisotopic (exact) mass is 247 g/mol. The third kappa shape index (κ3) is 2.80. The van der Waals surface area contributed by atoms with Crippen LogP contribution in [0.1, 0.15) is 16.0 Å². The number of aryl methyl sites for hydroxylation is 2. The van der Waals surface area contributed by atoms with Crippen LogP contribution >= 0.6 is 11.3 Å². The summed E-state index contributed by atoms with van der Waals surface area (Å²) < 4.78 is 5.19. The molecule has 90 valence electrons. The van der Waals surface area contributed by atoms with E-state index in [0.29, 0.717) is 0 Å². The molecule has 0 aliphatic carbocycles. The fraction of sp³-hybridized carbons (Fsp3) is 0.286. The zero-order valence-corrected chi connectivity index (χ0v) is 11.2. The molecule has 0 aliphatic heterocycles. The normalized spacial score (nSPS) is 10.3. The second kappa shape index (κ2) is 5.23. The molecular formula is C14H17NOS. The summed E-state index contributed by atoms with van der Waals surface area (Å²) >= 11 is 1.80. The Morgan fingerprint density at radius 2 is 2.00 bits per heavy atom. The summed E-state index contributed by atoms with van der Waals surface area (Å²) in [6.07, 6.45) is 0. The third-order valence-corrected chi connectivity index (χ3v) is 3.86. The zero-order chi connectivity index (χ0) is 12.3. The van der Waals surface area contributed by atoms with Crippen LogP contribution in [0.2, 0.25) is 0 Å². The summed E-state index contributed by atoms with van der Waals surface area (Å²) in [6, 6.07) is 8.25. The molecule has 0 unspecified atom stereocenters. The minimum atomic E-state index is 0.886. The molecule has 0 bridgehead atoms. The molecule has 2 rings (SSSR count). The number of nitrogens with one attached hydrogen (secondary N) is 1. The van der Waals surface area contributed by atoms with Crippen LogP contribution in [0.5, 0.6) is 5.75 Å². The van der Waals surface area contributed by atoms with Crippen molar-refractivity contribution in [1.82, 2.24) is 0 Å². The lowest BCUT2D eigenvalue weighted by atomic mass is 10.2. The van der Waals surface area contributed by atoms with Crippen LogP contribution in [0.4, 0.5) is 5.69 Å². The van der Waals surface area contributed by atoms with Crippen LogP contribution in [-0.2, 0) is 6.54 Å². The van der Waals surface area contributed by atoms with Gasteiger partial charge in [-0.25, -0.2) is 0 Å². The number of anilines is 1. The predicted molar refractivity (Wildman–Crippen MR) is 74.1 cm³/mol. The van der Waals surface area contributed by atoms with Crippen molar-refractivity contribution in [1.29, 1.82) is 0 Å². The van der Waals surface area contributed by atoms with Gasteiger partial charge in [0.1, 0.15) is 5.75 Å². The fourth-order valence-corrected chi connectivity index (χ4v) is 2.57. The molecule has 0 saturated heterocycles. The molecule has 2 aromatic rings. The summed E-state index contributed by atoms with van der Waals surface area (Å²) in [7, 11) is 1.69. The molecule has 0 spiro atoms. The van der Waals surface area contributed by atoms with Gasteiger partial charge in [0.05, 0.1) is 7.11 Å². The lowest BCUT2D eigenvalue weighted by molar-refractivity contribution is 0.414. The second-order valence-corrected chi connectivity index (χ2v) is 5.06. The van der Waals surface area contributed by atoms with E-state index in [2.05, 4.69) is 36.7 Å². The summed E-state index contributed by atoms with van der Waals surface area (Å²) in [5.41, 5.74) is 3.73. The lowest BCUT2D eigenvalue weighted by Crippen LogP contribution is -2.00. The van der Waals surface area contributed by atoms with Gasteiger partial charge >= 0.3 is 0 Å². The number of ether oxygens (including phenoxy) is 1. The van der Waals surface area contributed by atoms with Crippen molar-refractivity contribution < 1.29 is 4.74 Å². The largest absolute Gasteiger partial charge is 0.497 e. The average Bonchev–Trinajstić information content (AvgIpc) is 2.73. The van der Waals surface area contributed by atoms with Crippen molar-refractivity contribution in [2.75, 3.05) is 12.4 Å². The maximum absolute atomic E-state index is 5.19. The van der Waals surface area contributed by atoms with E-state index in [1.54, 1.807) is 18.4 Å². The van der Waals surface area contributed by atoms with Crippen LogP contribution in [0.25, 0.3) is 0 Å². The van der Waals surface area contributed by atoms with Crippen LogP contribution < -0.4 is 10.1 Å². The van der Waals surface area contributed by atoms with E-state index in [-0.39, 0.29) is 0 Å². The first kappa shape index (κ1) is 12.0. The highest BCUT2D eigenvalue weighted by atomic mass is 32.1. The highest BCUT2D eigenvalue weighted by Gasteiger charge is 2.02. The maximum Gasteiger partial charge on any atom is 0.119 e. The summed E-state index contributed by atoms with van der Waals surface area (Å²) in [6.45, 7) is 5.12. The van der Waals surface area contributed by atoms with Gasteiger partial charge in [-0.2, -0.15) is 0 Å². The van der Waals surface area contributed by atoms with Gasteiger partial charge in [0, 0.05) is 17.1 Å². The first-order valence-electron chi connectivity index (χ1n) is 5.62. The van der Waals surface area contributed by atoms with Crippen molar-refractivity contribution >= 4 is 17.0 Å². The van der Waals surface area contributed by atoms with E-state index in [1.165, 1.54) is 21.7 Å². The first-order valence-corrected chi connectivity index (χ1v) is 6.50. The first-order chi connectivity index (χ1) is 8.20. The Balaban J connectivity index is 2.07. The number of hydrogen-bond donors (Lipinski definition) is 1. The van der Waals surface area contributed by atoms with Crippen LogP contribution in [0, 0.1) is 13.8 Å². The van der Waals surface area contributed by atoms with Gasteiger partial charge in [0.25, 0.3) is 0 Å². The highest BCUT2D eigenvalue weighted by molar-refractivity contribution is 7.10. The molecule has 2 nitrogen and oxygen atoms in total. The molecule has 0 fully saturated rings. The van der Waals surface area contributed by atoms with Gasteiger partial charge in [-0.05, 0) is 54.6 Å². The molecule has 0 amide bonds. The van der Waals surface area contributed by atoms with Crippen molar-refractivity contribution in [2.24, 2.45) is 0 Å². The Morgan fingerprint density at radius 1 is 1.18 bits per heavy atom. The smallest absolute Gasteiger partial charge is 0.119 e. The van der Waals surface area contributed by atoms with E-state index >= 15 is 0 Å². The highest BCUT2D eigenvalue weighted by Crippen LogP contribution is 2.23. The molecule has 1 heterocycles. The molecule has 3 heteroatoms. The van der Waals surface area contributed by atoms with E-state index < -0.39 is 0 Å². The Hall–Kier alpha value is -1.48. The van der Waals surface area contributed by atoms with Crippen molar-refractivity contribution in [3.8, 4) is 5.75 Å². The topological polar surface area (TPSA) is 21.3 Å². The molecule has 0 radical (unpaired) electrons. The van der Waals surface area contributed by atoms with E-state index in [4.69, 9.17) is 4.74 Å². The molecule has 17 heavy (non-hydrogen) atoms. The zero-order valence-electron chi connectivity index (χ0n) is 10.4. The maximum atomic E-state index is 5.19. The molecule has 0 aliphatic rings. The molecule has 1 aromatic carbocycles. The van der Waals surface area contributed by atoms with Gasteiger partial charge in [0.15, 0.2) is 0 Å². The van der Waals surface area contributed by atoms with Crippen molar-refractivity contribution in [3.63, 3.8) is 0 Å². The van der Waals surface area contributed by atoms with Gasteiger partial charge in [-0.3, -0.25) is 0 Å². The Morgan fingerprint density at radius 3 is 2.59 bits per heavy atom. The van der Waals surface area contributed by atoms with Crippen LogP contribution in [-0.4, -0.2) is 7.11 Å². The fourth-order valence-electron chi connectivity index (χ4n) is 1.72. The standard InChI is InChI=1S/C14H17NOS/c1-10-6-7-17-14(10)9-15-13-5-4-12(16-3)8-11(13)2/h4-8,15H,9H2,1-3H3. The molecule has 1 aromatic heterocycles. The second-order valence-electron chi connectivity index (χ2n) is 4.06. The summed E-state index contributed by atoms with van der Waals surface area (Å²) in [5, 5.41) is 5.59. The lowest BCUT2D eigenvalue weighted by Gasteiger charge is -2.10. The number of benzene rings is 1. The van der Waals surface area contributed by atoms with Gasteiger partial charge in [0.2, 0.25) is 0 Å². The molecular weight excluding hydrogens is 230 g/mol. The number of hydrogen-bond acceptors (Lipinski definition) is 3. The molecule has 1 N–H and O–H groups in total. The Bertz CT molecular complexity index is 505. The number of methoxy groups -OCH3 is 1. The summed E-state index contributed by atoms with van der Waals surface area (Å²) in [5.74, 6) is 0.903. The van der Waals surface area contributed by atoms with Crippen LogP contribution in [0.15, 0.2) is 29.6 Å².